The molecule has 3 heteroatoms. The second kappa shape index (κ2) is 6.80. The summed E-state index contributed by atoms with van der Waals surface area (Å²) in [7, 11) is 1.77. The van der Waals surface area contributed by atoms with Gasteiger partial charge in [-0.05, 0) is 30.4 Å². The van der Waals surface area contributed by atoms with E-state index in [1.807, 2.05) is 0 Å². The number of piperazine rings is 1. The molecule has 3 nitrogen and oxygen atoms in total. The summed E-state index contributed by atoms with van der Waals surface area (Å²) in [4.78, 5) is 2.57. The van der Waals surface area contributed by atoms with Crippen molar-refractivity contribution in [3.63, 3.8) is 0 Å². The lowest BCUT2D eigenvalue weighted by molar-refractivity contribution is 0.202. The molecule has 2 unspecified atom stereocenters. The van der Waals surface area contributed by atoms with Crippen LogP contribution in [0.25, 0.3) is 0 Å². The van der Waals surface area contributed by atoms with E-state index >= 15 is 0 Å². The van der Waals surface area contributed by atoms with E-state index in [9.17, 15) is 0 Å². The zero-order chi connectivity index (χ0) is 15.5. The first-order chi connectivity index (χ1) is 9.93. The van der Waals surface area contributed by atoms with Crippen molar-refractivity contribution in [2.24, 2.45) is 5.41 Å². The molecule has 21 heavy (non-hydrogen) atoms. The van der Waals surface area contributed by atoms with Crippen LogP contribution >= 0.6 is 0 Å². The van der Waals surface area contributed by atoms with E-state index in [4.69, 9.17) is 4.74 Å². The van der Waals surface area contributed by atoms with Gasteiger partial charge in [-0.15, -0.1) is 0 Å². The zero-order valence-corrected chi connectivity index (χ0v) is 14.1. The van der Waals surface area contributed by atoms with E-state index in [0.717, 1.165) is 26.1 Å². The van der Waals surface area contributed by atoms with Crippen LogP contribution in [0.2, 0.25) is 0 Å². The second-order valence-corrected chi connectivity index (χ2v) is 7.20. The van der Waals surface area contributed by atoms with Gasteiger partial charge < -0.3 is 15.0 Å². The lowest BCUT2D eigenvalue weighted by Gasteiger charge is -2.45. The average Bonchev–Trinajstić information content (AvgIpc) is 2.45. The van der Waals surface area contributed by atoms with Crippen LogP contribution in [0.15, 0.2) is 24.3 Å². The molecule has 1 aliphatic heterocycles. The normalized spacial score (nSPS) is 23.4. The molecule has 1 fully saturated rings. The number of hydrogen-bond acceptors (Lipinski definition) is 3. The molecule has 1 aliphatic rings. The maximum absolute atomic E-state index is 5.26. The molecule has 118 valence electrons. The van der Waals surface area contributed by atoms with Gasteiger partial charge in [-0.1, -0.05) is 39.0 Å². The van der Waals surface area contributed by atoms with Gasteiger partial charge in [0.15, 0.2) is 0 Å². The van der Waals surface area contributed by atoms with Crippen molar-refractivity contribution in [1.29, 1.82) is 0 Å². The Bertz CT molecular complexity index is 453. The summed E-state index contributed by atoms with van der Waals surface area (Å²) in [6.45, 7) is 12.1. The Morgan fingerprint density at radius 2 is 2.00 bits per heavy atom. The Hall–Kier alpha value is -1.06. The maximum atomic E-state index is 5.26. The fraction of sp³-hybridized carbons (Fsp3) is 0.667. The van der Waals surface area contributed by atoms with Crippen molar-refractivity contribution in [2.75, 3.05) is 31.7 Å². The molecule has 0 bridgehead atoms. The van der Waals surface area contributed by atoms with Gasteiger partial charge in [0.1, 0.15) is 0 Å². The minimum Gasteiger partial charge on any atom is -0.384 e. The first-order valence-corrected chi connectivity index (χ1v) is 8.00. The number of ether oxygens (including phenoxy) is 1. The van der Waals surface area contributed by atoms with E-state index in [2.05, 4.69) is 62.2 Å². The van der Waals surface area contributed by atoms with Gasteiger partial charge in [-0.2, -0.15) is 0 Å². The van der Waals surface area contributed by atoms with Crippen LogP contribution in [-0.4, -0.2) is 38.9 Å². The Morgan fingerprint density at radius 1 is 1.29 bits per heavy atom. The molecule has 1 heterocycles. The molecule has 0 amide bonds. The Morgan fingerprint density at radius 3 is 2.67 bits per heavy atom. The number of nitrogens with one attached hydrogen (secondary N) is 1. The Balaban J connectivity index is 2.22. The van der Waals surface area contributed by atoms with Crippen molar-refractivity contribution in [3.8, 4) is 0 Å². The van der Waals surface area contributed by atoms with Crippen molar-refractivity contribution < 1.29 is 4.74 Å². The molecule has 0 radical (unpaired) electrons. The fourth-order valence-corrected chi connectivity index (χ4v) is 2.99. The van der Waals surface area contributed by atoms with Gasteiger partial charge in [0.05, 0.1) is 6.61 Å². The number of rotatable bonds is 4. The predicted octanol–water partition coefficient (Wildman–Crippen LogP) is 3.09. The van der Waals surface area contributed by atoms with E-state index in [1.165, 1.54) is 11.3 Å². The van der Waals surface area contributed by atoms with E-state index in [-0.39, 0.29) is 5.41 Å². The van der Waals surface area contributed by atoms with Gasteiger partial charge in [0.2, 0.25) is 0 Å². The van der Waals surface area contributed by atoms with Gasteiger partial charge in [-0.25, -0.2) is 0 Å². The highest BCUT2D eigenvalue weighted by atomic mass is 16.5. The molecule has 0 aliphatic carbocycles. The number of nitrogens with zero attached hydrogens (tertiary/aromatic N) is 1. The molecular weight excluding hydrogens is 260 g/mol. The third-order valence-corrected chi connectivity index (χ3v) is 4.49. The quantitative estimate of drug-likeness (QED) is 0.922. The van der Waals surface area contributed by atoms with Gasteiger partial charge in [0, 0.05) is 38.0 Å². The van der Waals surface area contributed by atoms with Gasteiger partial charge in [-0.3, -0.25) is 0 Å². The minimum absolute atomic E-state index is 0.278. The summed E-state index contributed by atoms with van der Waals surface area (Å²) in [6, 6.07) is 9.80. The molecule has 0 aromatic heterocycles. The van der Waals surface area contributed by atoms with Crippen LogP contribution in [0.3, 0.4) is 0 Å². The molecule has 0 spiro atoms. The van der Waals surface area contributed by atoms with E-state index in [0.29, 0.717) is 12.1 Å². The summed E-state index contributed by atoms with van der Waals surface area (Å²) in [5, 5.41) is 3.70. The van der Waals surface area contributed by atoms with Crippen molar-refractivity contribution >= 4 is 5.69 Å². The molecule has 1 N–H and O–H groups in total. The Labute approximate surface area is 129 Å². The highest BCUT2D eigenvalue weighted by Gasteiger charge is 2.33. The van der Waals surface area contributed by atoms with Crippen LogP contribution < -0.4 is 10.2 Å². The first kappa shape index (κ1) is 16.3. The minimum atomic E-state index is 0.278. The van der Waals surface area contributed by atoms with Crippen LogP contribution in [0, 0.1) is 5.41 Å². The summed E-state index contributed by atoms with van der Waals surface area (Å²) in [5.41, 5.74) is 3.04. The predicted molar refractivity (Wildman–Crippen MR) is 90.1 cm³/mol. The lowest BCUT2D eigenvalue weighted by Crippen LogP contribution is -2.59. The van der Waals surface area contributed by atoms with Crippen molar-refractivity contribution in [3.05, 3.63) is 29.8 Å². The van der Waals surface area contributed by atoms with Gasteiger partial charge >= 0.3 is 0 Å². The molecule has 0 saturated carbocycles. The standard InChI is InChI=1S/C18H30N2O/c1-14-12-19-17(18(2,3)4)13-20(14)16-9-7-6-8-15(16)10-11-21-5/h6-9,14,17,19H,10-13H2,1-5H3. The second-order valence-electron chi connectivity index (χ2n) is 7.20. The summed E-state index contributed by atoms with van der Waals surface area (Å²) >= 11 is 0. The summed E-state index contributed by atoms with van der Waals surface area (Å²) in [5.74, 6) is 0. The van der Waals surface area contributed by atoms with Crippen LogP contribution in [0.5, 0.6) is 0 Å². The van der Waals surface area contributed by atoms with Crippen molar-refractivity contribution in [2.45, 2.75) is 46.2 Å². The third kappa shape index (κ3) is 3.98. The van der Waals surface area contributed by atoms with E-state index in [1.54, 1.807) is 7.11 Å². The number of anilines is 1. The van der Waals surface area contributed by atoms with Crippen LogP contribution in [-0.2, 0) is 11.2 Å². The van der Waals surface area contributed by atoms with Gasteiger partial charge in [0.25, 0.3) is 0 Å². The van der Waals surface area contributed by atoms with E-state index < -0.39 is 0 Å². The average molecular weight is 290 g/mol. The molecular formula is C18H30N2O. The molecule has 1 aromatic carbocycles. The topological polar surface area (TPSA) is 24.5 Å². The highest BCUT2D eigenvalue weighted by Crippen LogP contribution is 2.29. The number of benzene rings is 1. The molecule has 1 saturated heterocycles. The third-order valence-electron chi connectivity index (χ3n) is 4.49. The lowest BCUT2D eigenvalue weighted by atomic mass is 9.84. The fourth-order valence-electron chi connectivity index (χ4n) is 2.99. The SMILES string of the molecule is COCCc1ccccc1N1CC(C(C)(C)C)NCC1C. The van der Waals surface area contributed by atoms with Crippen LogP contribution in [0.1, 0.15) is 33.3 Å². The maximum Gasteiger partial charge on any atom is 0.0503 e. The molecule has 1 aromatic rings. The smallest absolute Gasteiger partial charge is 0.0503 e. The van der Waals surface area contributed by atoms with Crippen molar-refractivity contribution in [1.82, 2.24) is 5.32 Å². The largest absolute Gasteiger partial charge is 0.384 e. The Kier molecular flexibility index (Phi) is 5.28. The number of para-hydroxylation sites is 1. The molecule has 2 rings (SSSR count). The monoisotopic (exact) mass is 290 g/mol. The summed E-state index contributed by atoms with van der Waals surface area (Å²) < 4.78 is 5.26. The zero-order valence-electron chi connectivity index (χ0n) is 14.1. The summed E-state index contributed by atoms with van der Waals surface area (Å²) in [6.07, 6.45) is 0.976. The van der Waals surface area contributed by atoms with Crippen LogP contribution in [0.4, 0.5) is 5.69 Å². The number of hydrogen-bond donors (Lipinski definition) is 1. The number of methoxy groups -OCH3 is 1. The highest BCUT2D eigenvalue weighted by molar-refractivity contribution is 5.55. The molecule has 2 atom stereocenters. The first-order valence-electron chi connectivity index (χ1n) is 8.00.